The zero-order valence-corrected chi connectivity index (χ0v) is 14.8. The van der Waals surface area contributed by atoms with Crippen LogP contribution in [0.1, 0.15) is 57.8 Å². The summed E-state index contributed by atoms with van der Waals surface area (Å²) in [4.78, 5) is 14.4. The third-order valence-corrected chi connectivity index (χ3v) is 5.76. The molecule has 1 heterocycles. The lowest BCUT2D eigenvalue weighted by Crippen LogP contribution is -2.48. The summed E-state index contributed by atoms with van der Waals surface area (Å²) in [6.45, 7) is 2.04. The highest BCUT2D eigenvalue weighted by molar-refractivity contribution is 7.80. The average molecular weight is 336 g/mol. The fourth-order valence-electron chi connectivity index (χ4n) is 4.10. The Labute approximate surface area is 145 Å². The zero-order chi connectivity index (χ0) is 16.1. The van der Waals surface area contributed by atoms with E-state index in [9.17, 15) is 4.79 Å². The number of amides is 1. The van der Waals surface area contributed by atoms with Gasteiger partial charge in [-0.1, -0.05) is 30.9 Å². The number of hydrogen-bond donors (Lipinski definition) is 2. The predicted molar refractivity (Wildman–Crippen MR) is 97.2 cm³/mol. The van der Waals surface area contributed by atoms with Crippen LogP contribution in [0.5, 0.6) is 0 Å². The summed E-state index contributed by atoms with van der Waals surface area (Å²) in [5.41, 5.74) is 1.48. The number of likely N-dealkylation sites (tertiary alicyclic amines) is 1. The molecule has 128 valence electrons. The number of fused-ring (bicyclic) bond motifs is 1. The minimum atomic E-state index is 0.169. The van der Waals surface area contributed by atoms with Gasteiger partial charge in [0, 0.05) is 19.1 Å². The van der Waals surface area contributed by atoms with E-state index in [4.69, 9.17) is 12.2 Å². The van der Waals surface area contributed by atoms with Crippen LogP contribution in [0.3, 0.4) is 0 Å². The highest BCUT2D eigenvalue weighted by Gasteiger charge is 2.27. The summed E-state index contributed by atoms with van der Waals surface area (Å²) < 4.78 is 0. The van der Waals surface area contributed by atoms with E-state index in [1.807, 2.05) is 4.90 Å². The normalized spacial score (nSPS) is 25.3. The smallest absolute Gasteiger partial charge is 0.242 e. The van der Waals surface area contributed by atoms with Crippen LogP contribution in [-0.4, -0.2) is 41.6 Å². The minimum Gasteiger partial charge on any atom is -0.360 e. The lowest BCUT2D eigenvalue weighted by atomic mass is 9.82. The number of carbonyl (C=O) groups excluding carboxylic acids is 1. The van der Waals surface area contributed by atoms with E-state index in [0.29, 0.717) is 17.7 Å². The van der Waals surface area contributed by atoms with E-state index in [1.54, 1.807) is 0 Å². The summed E-state index contributed by atoms with van der Waals surface area (Å²) in [5, 5.41) is 7.11. The Morgan fingerprint density at radius 3 is 2.83 bits per heavy atom. The fraction of sp³-hybridized carbons (Fsp3) is 0.778. The molecular weight excluding hydrogens is 306 g/mol. The maximum absolute atomic E-state index is 12.4. The highest BCUT2D eigenvalue weighted by atomic mass is 32.1. The van der Waals surface area contributed by atoms with Crippen LogP contribution in [0.15, 0.2) is 11.6 Å². The number of carbonyl (C=O) groups is 1. The molecule has 3 rings (SSSR count). The van der Waals surface area contributed by atoms with Gasteiger partial charge in [-0.05, 0) is 56.7 Å². The van der Waals surface area contributed by atoms with E-state index in [0.717, 1.165) is 25.4 Å². The van der Waals surface area contributed by atoms with E-state index in [-0.39, 0.29) is 5.91 Å². The molecule has 2 N–H and O–H groups in total. The van der Waals surface area contributed by atoms with E-state index in [2.05, 4.69) is 16.7 Å². The average Bonchev–Trinajstić information content (AvgIpc) is 2.60. The van der Waals surface area contributed by atoms with Crippen LogP contribution in [0.25, 0.3) is 0 Å². The number of piperidine rings is 1. The molecule has 0 radical (unpaired) electrons. The summed E-state index contributed by atoms with van der Waals surface area (Å²) in [6.07, 6.45) is 13.6. The third kappa shape index (κ3) is 4.69. The van der Waals surface area contributed by atoms with Crippen LogP contribution in [0.2, 0.25) is 0 Å². The second kappa shape index (κ2) is 8.13. The van der Waals surface area contributed by atoms with E-state index >= 15 is 0 Å². The second-order valence-corrected chi connectivity index (χ2v) is 7.58. The Balaban J connectivity index is 1.40. The Hall–Kier alpha value is -1.10. The molecule has 0 aromatic carbocycles. The summed E-state index contributed by atoms with van der Waals surface area (Å²) in [7, 11) is 0. The summed E-state index contributed by atoms with van der Waals surface area (Å²) in [5.74, 6) is 0.900. The molecule has 3 aliphatic rings. The molecule has 0 bridgehead atoms. The van der Waals surface area contributed by atoms with Crippen molar-refractivity contribution in [3.8, 4) is 0 Å². The Bertz CT molecular complexity index is 471. The molecule has 1 aliphatic heterocycles. The molecule has 4 nitrogen and oxygen atoms in total. The maximum atomic E-state index is 12.4. The largest absolute Gasteiger partial charge is 0.360 e. The van der Waals surface area contributed by atoms with Crippen molar-refractivity contribution in [2.24, 2.45) is 5.92 Å². The van der Waals surface area contributed by atoms with Crippen molar-refractivity contribution in [2.45, 2.75) is 63.8 Å². The highest BCUT2D eigenvalue weighted by Crippen LogP contribution is 2.31. The van der Waals surface area contributed by atoms with Crippen molar-refractivity contribution in [3.05, 3.63) is 11.6 Å². The fourth-order valence-corrected chi connectivity index (χ4v) is 4.34. The van der Waals surface area contributed by atoms with Gasteiger partial charge < -0.3 is 15.5 Å². The standard InChI is InChI=1S/C18H29N3OS/c22-17(12-19-18(23)20-16-8-2-1-3-9-16)21-11-10-14-6-4-5-7-15(14)13-21/h7,14,16H,1-6,8-13H2,(H2,19,20,23). The van der Waals surface area contributed by atoms with Crippen molar-refractivity contribution in [3.63, 3.8) is 0 Å². The second-order valence-electron chi connectivity index (χ2n) is 7.17. The molecule has 1 unspecified atom stereocenters. The molecule has 1 saturated carbocycles. The molecule has 2 fully saturated rings. The molecule has 5 heteroatoms. The SMILES string of the molecule is O=C(CNC(=S)NC1CCCCC1)N1CCC2CCCC=C2C1. The number of nitrogens with one attached hydrogen (secondary N) is 2. The van der Waals surface area contributed by atoms with Gasteiger partial charge in [-0.25, -0.2) is 0 Å². The first kappa shape index (κ1) is 16.7. The first-order chi connectivity index (χ1) is 11.2. The minimum absolute atomic E-state index is 0.169. The maximum Gasteiger partial charge on any atom is 0.242 e. The molecule has 0 aromatic heterocycles. The Morgan fingerprint density at radius 2 is 2.00 bits per heavy atom. The Morgan fingerprint density at radius 1 is 1.17 bits per heavy atom. The molecule has 0 spiro atoms. The predicted octanol–water partition coefficient (Wildman–Crippen LogP) is 2.74. The van der Waals surface area contributed by atoms with Gasteiger partial charge in [-0.15, -0.1) is 0 Å². The zero-order valence-electron chi connectivity index (χ0n) is 14.0. The third-order valence-electron chi connectivity index (χ3n) is 5.50. The number of allylic oxidation sites excluding steroid dienone is 1. The first-order valence-corrected chi connectivity index (χ1v) is 9.64. The number of thiocarbonyl (C=S) groups is 1. The van der Waals surface area contributed by atoms with E-state index in [1.165, 1.54) is 56.9 Å². The lowest BCUT2D eigenvalue weighted by Gasteiger charge is -2.36. The summed E-state index contributed by atoms with van der Waals surface area (Å²) in [6, 6.07) is 0.488. The first-order valence-electron chi connectivity index (χ1n) is 9.23. The molecule has 1 atom stereocenters. The van der Waals surface area contributed by atoms with Gasteiger partial charge in [-0.2, -0.15) is 0 Å². The number of nitrogens with zero attached hydrogens (tertiary/aromatic N) is 1. The van der Waals surface area contributed by atoms with Crippen LogP contribution in [0, 0.1) is 5.92 Å². The molecule has 1 amide bonds. The van der Waals surface area contributed by atoms with Crippen molar-refractivity contribution in [2.75, 3.05) is 19.6 Å². The number of hydrogen-bond acceptors (Lipinski definition) is 2. The summed E-state index contributed by atoms with van der Waals surface area (Å²) >= 11 is 5.34. The van der Waals surface area contributed by atoms with Gasteiger partial charge in [0.05, 0.1) is 6.54 Å². The molecule has 1 saturated heterocycles. The molecule has 0 aromatic rings. The monoisotopic (exact) mass is 335 g/mol. The number of rotatable bonds is 3. The Kier molecular flexibility index (Phi) is 5.92. The van der Waals surface area contributed by atoms with Crippen LogP contribution in [0.4, 0.5) is 0 Å². The van der Waals surface area contributed by atoms with Crippen molar-refractivity contribution < 1.29 is 4.79 Å². The van der Waals surface area contributed by atoms with E-state index < -0.39 is 0 Å². The molecule has 23 heavy (non-hydrogen) atoms. The van der Waals surface area contributed by atoms with Crippen LogP contribution < -0.4 is 10.6 Å². The van der Waals surface area contributed by atoms with Crippen molar-refractivity contribution >= 4 is 23.2 Å². The van der Waals surface area contributed by atoms with Crippen LogP contribution in [-0.2, 0) is 4.79 Å². The van der Waals surface area contributed by atoms with Crippen LogP contribution >= 0.6 is 12.2 Å². The molecule has 2 aliphatic carbocycles. The van der Waals surface area contributed by atoms with Gasteiger partial charge in [0.2, 0.25) is 5.91 Å². The van der Waals surface area contributed by atoms with Crippen molar-refractivity contribution in [1.29, 1.82) is 0 Å². The van der Waals surface area contributed by atoms with Crippen molar-refractivity contribution in [1.82, 2.24) is 15.5 Å². The van der Waals surface area contributed by atoms with Gasteiger partial charge in [0.1, 0.15) is 0 Å². The quantitative estimate of drug-likeness (QED) is 0.615. The van der Waals surface area contributed by atoms with Gasteiger partial charge in [0.25, 0.3) is 0 Å². The van der Waals surface area contributed by atoms with Gasteiger partial charge >= 0.3 is 0 Å². The topological polar surface area (TPSA) is 44.4 Å². The van der Waals surface area contributed by atoms with Gasteiger partial charge in [0.15, 0.2) is 5.11 Å². The lowest BCUT2D eigenvalue weighted by molar-refractivity contribution is -0.130. The molecular formula is C18H29N3OS. The van der Waals surface area contributed by atoms with Gasteiger partial charge in [-0.3, -0.25) is 4.79 Å².